The molecule has 35 heavy (non-hydrogen) atoms. The number of nitrogens with zero attached hydrogens (tertiary/aromatic N) is 1. The Balaban J connectivity index is 0.000000193. The maximum atomic E-state index is 10.6. The Labute approximate surface area is 201 Å². The fraction of sp³-hybridized carbons (Fsp3) is 0.542. The van der Waals surface area contributed by atoms with E-state index in [1.807, 2.05) is 12.1 Å². The first-order chi connectivity index (χ1) is 16.4. The van der Waals surface area contributed by atoms with Gasteiger partial charge in [-0.3, -0.25) is 9.59 Å². The number of likely N-dealkylation sites (N-methyl/N-ethyl adjacent to an activating group) is 1. The summed E-state index contributed by atoms with van der Waals surface area (Å²) in [7, 11) is 3.91. The molecule has 0 aromatic heterocycles. The van der Waals surface area contributed by atoms with E-state index in [4.69, 9.17) is 29.9 Å². The molecule has 190 valence electrons. The first-order valence-corrected chi connectivity index (χ1v) is 11.3. The second-order valence-corrected chi connectivity index (χ2v) is 9.59. The number of hydrogen-bond acceptors (Lipinski definition) is 8. The fourth-order valence-corrected chi connectivity index (χ4v) is 6.10. The van der Waals surface area contributed by atoms with Gasteiger partial charge in [0.2, 0.25) is 0 Å². The van der Waals surface area contributed by atoms with Crippen LogP contribution >= 0.6 is 0 Å². The molecule has 4 aliphatic rings. The van der Waals surface area contributed by atoms with E-state index >= 15 is 0 Å². The third-order valence-corrected chi connectivity index (χ3v) is 7.64. The number of aliphatic carboxylic acids is 3. The lowest BCUT2D eigenvalue weighted by molar-refractivity contribution is -0.170. The van der Waals surface area contributed by atoms with Gasteiger partial charge in [0.25, 0.3) is 0 Å². The van der Waals surface area contributed by atoms with Crippen molar-refractivity contribution < 1.29 is 49.4 Å². The molecule has 11 heteroatoms. The van der Waals surface area contributed by atoms with Crippen LogP contribution in [0.2, 0.25) is 0 Å². The quantitative estimate of drug-likeness (QED) is 0.345. The number of aliphatic hydroxyl groups excluding tert-OH is 1. The summed E-state index contributed by atoms with van der Waals surface area (Å²) in [5.41, 5.74) is -0.135. The van der Waals surface area contributed by atoms with Crippen LogP contribution in [-0.2, 0) is 26.2 Å². The lowest BCUT2D eigenvalue weighted by atomic mass is 9.53. The van der Waals surface area contributed by atoms with Crippen molar-refractivity contribution in [2.75, 3.05) is 20.7 Å². The van der Waals surface area contributed by atoms with Crippen LogP contribution in [0, 0.1) is 5.92 Å². The van der Waals surface area contributed by atoms with E-state index in [0.29, 0.717) is 12.0 Å². The molecular formula is C24H29NO10. The highest BCUT2D eigenvalue weighted by Gasteiger charge is 2.64. The smallest absolute Gasteiger partial charge is 0.336 e. The van der Waals surface area contributed by atoms with Crippen molar-refractivity contribution in [3.63, 3.8) is 0 Å². The molecule has 0 unspecified atom stereocenters. The van der Waals surface area contributed by atoms with E-state index in [2.05, 4.69) is 24.1 Å². The summed E-state index contributed by atoms with van der Waals surface area (Å²) >= 11 is 0. The SMILES string of the molecule is COc1ccc2c3c1O[C@H]1[C@@H](O)C=C[C@H]4[C@@H](C2)N(C)CC[C@@]341.O=C(O)CC(O)(CC(=O)O)C(=O)O. The van der Waals surface area contributed by atoms with Crippen LogP contribution in [0.4, 0.5) is 0 Å². The standard InChI is InChI=1S/C18H21NO3.C6H8O7/c1-19-8-7-18-11-4-5-13(20)17(18)22-16-14(21-2)6-3-10(15(16)18)9-12(11)19;7-3(8)1-6(13,5(11)12)2-4(9)10/h3-6,11-13,17,20H,7-9H2,1-2H3;13H,1-2H2,(H,7,8)(H,9,10)(H,11,12)/t11-,12+,13-,17-,18-;/m0./s1. The molecule has 2 heterocycles. The molecule has 5 rings (SSSR count). The molecule has 2 aliphatic carbocycles. The van der Waals surface area contributed by atoms with E-state index in [-0.39, 0.29) is 11.5 Å². The molecule has 1 fully saturated rings. The van der Waals surface area contributed by atoms with Crippen molar-refractivity contribution in [2.45, 2.75) is 54.9 Å². The van der Waals surface area contributed by atoms with Gasteiger partial charge < -0.3 is 39.9 Å². The number of carboxylic acids is 3. The maximum Gasteiger partial charge on any atom is 0.336 e. The predicted octanol–water partition coefficient (Wildman–Crippen LogP) is 0.253. The molecule has 1 spiro atoms. The second kappa shape index (κ2) is 8.81. The minimum Gasteiger partial charge on any atom is -0.493 e. The van der Waals surface area contributed by atoms with Gasteiger partial charge in [0.1, 0.15) is 12.2 Å². The summed E-state index contributed by atoms with van der Waals surface area (Å²) in [5.74, 6) is -2.93. The zero-order valence-corrected chi connectivity index (χ0v) is 19.4. The Hall–Kier alpha value is -3.15. The average molecular weight is 491 g/mol. The minimum absolute atomic E-state index is 0.0806. The number of hydrogen-bond donors (Lipinski definition) is 5. The van der Waals surface area contributed by atoms with Gasteiger partial charge in [0.15, 0.2) is 17.1 Å². The van der Waals surface area contributed by atoms with Crippen molar-refractivity contribution in [3.05, 3.63) is 35.4 Å². The molecule has 0 amide bonds. The fourth-order valence-electron chi connectivity index (χ4n) is 6.10. The molecule has 1 aromatic rings. The average Bonchev–Trinajstić information content (AvgIpc) is 3.12. The normalized spacial score (nSPS) is 29.8. The summed E-state index contributed by atoms with van der Waals surface area (Å²) < 4.78 is 11.8. The highest BCUT2D eigenvalue weighted by atomic mass is 16.5. The van der Waals surface area contributed by atoms with E-state index in [1.165, 1.54) is 11.1 Å². The van der Waals surface area contributed by atoms with Crippen LogP contribution in [0.25, 0.3) is 0 Å². The molecule has 11 nitrogen and oxygen atoms in total. The Kier molecular flexibility index (Phi) is 6.28. The molecule has 5 N–H and O–H groups in total. The first-order valence-electron chi connectivity index (χ1n) is 11.3. The van der Waals surface area contributed by atoms with Crippen LogP contribution in [0.3, 0.4) is 0 Å². The van der Waals surface area contributed by atoms with Crippen molar-refractivity contribution in [3.8, 4) is 11.5 Å². The van der Waals surface area contributed by atoms with Gasteiger partial charge in [0.05, 0.1) is 20.0 Å². The van der Waals surface area contributed by atoms with Crippen molar-refractivity contribution in [2.24, 2.45) is 5.92 Å². The lowest BCUT2D eigenvalue weighted by Gasteiger charge is -2.56. The number of benzene rings is 1. The van der Waals surface area contributed by atoms with E-state index in [1.54, 1.807) is 7.11 Å². The van der Waals surface area contributed by atoms with Gasteiger partial charge in [-0.2, -0.15) is 0 Å². The maximum absolute atomic E-state index is 10.6. The number of ether oxygens (including phenoxy) is 2. The summed E-state index contributed by atoms with van der Waals surface area (Å²) in [4.78, 5) is 33.0. The predicted molar refractivity (Wildman–Crippen MR) is 120 cm³/mol. The monoisotopic (exact) mass is 491 g/mol. The number of carboxylic acid groups (broad SMARTS) is 3. The van der Waals surface area contributed by atoms with Crippen LogP contribution in [-0.4, -0.2) is 92.9 Å². The van der Waals surface area contributed by atoms with Crippen LogP contribution in [0.15, 0.2) is 24.3 Å². The number of methoxy groups -OCH3 is 1. The Morgan fingerprint density at radius 2 is 1.83 bits per heavy atom. The zero-order chi connectivity index (χ0) is 25.7. The Morgan fingerprint density at radius 3 is 2.40 bits per heavy atom. The van der Waals surface area contributed by atoms with E-state index in [9.17, 15) is 19.5 Å². The molecule has 2 bridgehead atoms. The number of likely N-dealkylation sites (tertiary alicyclic amines) is 1. The summed E-state index contributed by atoms with van der Waals surface area (Å²) in [5, 5.41) is 44.4. The number of aliphatic hydroxyl groups is 2. The highest BCUT2D eigenvalue weighted by Crippen LogP contribution is 2.62. The number of rotatable bonds is 6. The number of carbonyl (C=O) groups is 3. The topological polar surface area (TPSA) is 174 Å². The van der Waals surface area contributed by atoms with Gasteiger partial charge >= 0.3 is 17.9 Å². The highest BCUT2D eigenvalue weighted by molar-refractivity contribution is 5.88. The first kappa shape index (κ1) is 25.0. The lowest BCUT2D eigenvalue weighted by Crippen LogP contribution is -2.64. The molecule has 1 aromatic carbocycles. The summed E-state index contributed by atoms with van der Waals surface area (Å²) in [6.07, 6.45) is 3.25. The molecule has 1 saturated heterocycles. The van der Waals surface area contributed by atoms with Crippen LogP contribution in [0.1, 0.15) is 30.4 Å². The molecule has 0 radical (unpaired) electrons. The molecule has 2 aliphatic heterocycles. The van der Waals surface area contributed by atoms with E-state index in [0.717, 1.165) is 30.9 Å². The third kappa shape index (κ3) is 3.93. The summed E-state index contributed by atoms with van der Waals surface area (Å²) in [6, 6.07) is 4.70. The van der Waals surface area contributed by atoms with Gasteiger partial charge in [-0.25, -0.2) is 4.79 Å². The van der Waals surface area contributed by atoms with Gasteiger partial charge in [-0.1, -0.05) is 18.2 Å². The minimum atomic E-state index is -2.74. The largest absolute Gasteiger partial charge is 0.493 e. The second-order valence-electron chi connectivity index (χ2n) is 9.59. The van der Waals surface area contributed by atoms with Gasteiger partial charge in [-0.05, 0) is 38.1 Å². The van der Waals surface area contributed by atoms with Crippen LogP contribution < -0.4 is 9.47 Å². The van der Waals surface area contributed by atoms with Crippen molar-refractivity contribution in [1.82, 2.24) is 4.90 Å². The Bertz CT molecular complexity index is 1070. The molecule has 5 atom stereocenters. The zero-order valence-electron chi connectivity index (χ0n) is 19.4. The van der Waals surface area contributed by atoms with Crippen LogP contribution in [0.5, 0.6) is 11.5 Å². The third-order valence-electron chi connectivity index (χ3n) is 7.64. The van der Waals surface area contributed by atoms with Gasteiger partial charge in [0, 0.05) is 22.9 Å². The Morgan fingerprint density at radius 1 is 1.17 bits per heavy atom. The van der Waals surface area contributed by atoms with E-state index < -0.39 is 42.5 Å². The van der Waals surface area contributed by atoms with Gasteiger partial charge in [-0.15, -0.1) is 0 Å². The van der Waals surface area contributed by atoms with Crippen molar-refractivity contribution >= 4 is 17.9 Å². The molecule has 0 saturated carbocycles. The number of piperidine rings is 1. The van der Waals surface area contributed by atoms with Crippen molar-refractivity contribution in [1.29, 1.82) is 0 Å². The summed E-state index contributed by atoms with van der Waals surface area (Å²) in [6.45, 7) is 1.05. The molecular weight excluding hydrogens is 462 g/mol.